The van der Waals surface area contributed by atoms with Crippen LogP contribution in [0.3, 0.4) is 0 Å². The normalized spacial score (nSPS) is 17.2. The van der Waals surface area contributed by atoms with Gasteiger partial charge in [-0.1, -0.05) is 36.4 Å². The molecule has 3 aromatic rings. The number of rotatable bonds is 6. The molecule has 4 rings (SSSR count). The maximum atomic E-state index is 12.0. The van der Waals surface area contributed by atoms with Crippen LogP contribution in [0.4, 0.5) is 0 Å². The molecule has 28 heavy (non-hydrogen) atoms. The molecule has 0 unspecified atom stereocenters. The Bertz CT molecular complexity index is 989. The fourth-order valence-corrected chi connectivity index (χ4v) is 4.14. The average molecular weight is 377 g/mol. The first-order valence-electron chi connectivity index (χ1n) is 9.96. The van der Waals surface area contributed by atoms with Gasteiger partial charge in [0.05, 0.1) is 5.69 Å². The Morgan fingerprint density at radius 2 is 2.00 bits per heavy atom. The largest absolute Gasteiger partial charge is 0.441 e. The van der Waals surface area contributed by atoms with E-state index in [-0.39, 0.29) is 5.91 Å². The Kier molecular flexibility index (Phi) is 5.18. The van der Waals surface area contributed by atoms with Crippen LogP contribution in [-0.2, 0) is 11.3 Å². The van der Waals surface area contributed by atoms with E-state index in [1.54, 1.807) is 0 Å². The van der Waals surface area contributed by atoms with Crippen molar-refractivity contribution < 1.29 is 9.21 Å². The lowest BCUT2D eigenvalue weighted by atomic mass is 10.0. The zero-order valence-electron chi connectivity index (χ0n) is 16.8. The molecule has 2 aromatic carbocycles. The van der Waals surface area contributed by atoms with Gasteiger partial charge in [-0.05, 0) is 43.7 Å². The summed E-state index contributed by atoms with van der Waals surface area (Å²) in [4.78, 5) is 20.9. The molecule has 2 heterocycles. The molecular formula is C23H27N3O2. The number of hydrogen-bond acceptors (Lipinski definition) is 4. The number of carbonyl (C=O) groups is 1. The summed E-state index contributed by atoms with van der Waals surface area (Å²) in [6.07, 6.45) is 0.650. The number of carbonyl (C=O) groups excluding carboxylic acids is 1. The minimum Gasteiger partial charge on any atom is -0.441 e. The predicted molar refractivity (Wildman–Crippen MR) is 111 cm³/mol. The van der Waals surface area contributed by atoms with Gasteiger partial charge in [-0.3, -0.25) is 4.79 Å². The summed E-state index contributed by atoms with van der Waals surface area (Å²) in [5.41, 5.74) is 1.98. The van der Waals surface area contributed by atoms with E-state index in [2.05, 4.69) is 36.2 Å². The first kappa shape index (κ1) is 18.7. The maximum absolute atomic E-state index is 12.0. The van der Waals surface area contributed by atoms with E-state index in [9.17, 15) is 4.79 Å². The van der Waals surface area contributed by atoms with Crippen molar-refractivity contribution >= 4 is 16.7 Å². The van der Waals surface area contributed by atoms with E-state index in [0.29, 0.717) is 18.2 Å². The minimum atomic E-state index is 0.275. The number of aryl methyl sites for hydroxylation is 1. The monoisotopic (exact) mass is 377 g/mol. The maximum Gasteiger partial charge on any atom is 0.227 e. The molecule has 1 amide bonds. The molecule has 1 aromatic heterocycles. The highest BCUT2D eigenvalue weighted by molar-refractivity contribution is 5.94. The third-order valence-electron chi connectivity index (χ3n) is 5.58. The first-order chi connectivity index (χ1) is 13.5. The van der Waals surface area contributed by atoms with Gasteiger partial charge in [0.15, 0.2) is 0 Å². The summed E-state index contributed by atoms with van der Waals surface area (Å²) in [5, 5.41) is 2.33. The minimum absolute atomic E-state index is 0.275. The van der Waals surface area contributed by atoms with Crippen LogP contribution < -0.4 is 0 Å². The Morgan fingerprint density at radius 3 is 2.79 bits per heavy atom. The van der Waals surface area contributed by atoms with Gasteiger partial charge in [0.2, 0.25) is 11.8 Å². The van der Waals surface area contributed by atoms with Crippen molar-refractivity contribution in [2.24, 2.45) is 5.92 Å². The molecule has 5 nitrogen and oxygen atoms in total. The fraction of sp³-hybridized carbons (Fsp3) is 0.391. The highest BCUT2D eigenvalue weighted by Crippen LogP contribution is 2.29. The van der Waals surface area contributed by atoms with Crippen LogP contribution in [-0.4, -0.2) is 47.4 Å². The lowest BCUT2D eigenvalue weighted by Crippen LogP contribution is -2.28. The smallest absolute Gasteiger partial charge is 0.227 e. The number of oxazole rings is 1. The van der Waals surface area contributed by atoms with Crippen molar-refractivity contribution in [3.63, 3.8) is 0 Å². The zero-order valence-corrected chi connectivity index (χ0v) is 16.8. The third kappa shape index (κ3) is 3.67. The molecule has 1 atom stereocenters. The first-order valence-corrected chi connectivity index (χ1v) is 9.96. The lowest BCUT2D eigenvalue weighted by Gasteiger charge is -2.20. The van der Waals surface area contributed by atoms with Gasteiger partial charge in [0.1, 0.15) is 5.76 Å². The molecule has 0 N–H and O–H groups in total. The second kappa shape index (κ2) is 7.76. The molecule has 1 aliphatic rings. The molecular weight excluding hydrogens is 350 g/mol. The van der Waals surface area contributed by atoms with Gasteiger partial charge in [-0.15, -0.1) is 0 Å². The van der Waals surface area contributed by atoms with Crippen LogP contribution in [0, 0.1) is 12.8 Å². The number of hydrogen-bond donors (Lipinski definition) is 0. The summed E-state index contributed by atoms with van der Waals surface area (Å²) in [6.45, 7) is 7.28. The Balaban J connectivity index is 1.50. The molecule has 1 saturated heterocycles. The van der Waals surface area contributed by atoms with Crippen LogP contribution in [0.15, 0.2) is 46.9 Å². The van der Waals surface area contributed by atoms with E-state index >= 15 is 0 Å². The summed E-state index contributed by atoms with van der Waals surface area (Å²) in [7, 11) is 2.09. The third-order valence-corrected chi connectivity index (χ3v) is 5.58. The Morgan fingerprint density at radius 1 is 1.21 bits per heavy atom. The van der Waals surface area contributed by atoms with Gasteiger partial charge >= 0.3 is 0 Å². The van der Waals surface area contributed by atoms with Crippen molar-refractivity contribution in [2.45, 2.75) is 26.8 Å². The van der Waals surface area contributed by atoms with Crippen LogP contribution in [0.2, 0.25) is 0 Å². The Labute approximate surface area is 166 Å². The van der Waals surface area contributed by atoms with Crippen LogP contribution >= 0.6 is 0 Å². The number of aromatic nitrogens is 1. The molecule has 1 aliphatic heterocycles. The standard InChI is InChI=1S/C23H27N3O2/c1-4-26-14-17(12-22(26)27)13-25(3)15-21-16(2)28-23(24-21)20-11-7-9-18-8-5-6-10-19(18)20/h5-11,17H,4,12-15H2,1-3H3/t17-/m1/s1. The number of benzene rings is 2. The number of fused-ring (bicyclic) bond motifs is 1. The van der Waals surface area contributed by atoms with Gasteiger partial charge in [0, 0.05) is 38.2 Å². The summed E-state index contributed by atoms with van der Waals surface area (Å²) in [6, 6.07) is 14.5. The summed E-state index contributed by atoms with van der Waals surface area (Å²) in [5.74, 6) is 2.19. The van der Waals surface area contributed by atoms with E-state index < -0.39 is 0 Å². The highest BCUT2D eigenvalue weighted by Gasteiger charge is 2.29. The quantitative estimate of drug-likeness (QED) is 0.649. The van der Waals surface area contributed by atoms with Crippen LogP contribution in [0.25, 0.3) is 22.2 Å². The van der Waals surface area contributed by atoms with Crippen molar-refractivity contribution in [2.75, 3.05) is 26.7 Å². The molecule has 5 heteroatoms. The van der Waals surface area contributed by atoms with E-state index in [1.165, 1.54) is 5.39 Å². The molecule has 0 saturated carbocycles. The van der Waals surface area contributed by atoms with E-state index in [1.807, 2.05) is 36.9 Å². The molecule has 146 valence electrons. The highest BCUT2D eigenvalue weighted by atomic mass is 16.4. The van der Waals surface area contributed by atoms with Crippen molar-refractivity contribution in [1.82, 2.24) is 14.8 Å². The predicted octanol–water partition coefficient (Wildman–Crippen LogP) is 4.10. The van der Waals surface area contributed by atoms with Gasteiger partial charge in [-0.25, -0.2) is 4.98 Å². The SMILES string of the molecule is CCN1C[C@@H](CN(C)Cc2nc(-c3cccc4ccccc34)oc2C)CC1=O. The topological polar surface area (TPSA) is 49.6 Å². The molecule has 0 spiro atoms. The second-order valence-corrected chi connectivity index (χ2v) is 7.75. The van der Waals surface area contributed by atoms with Crippen LogP contribution in [0.1, 0.15) is 24.8 Å². The number of amides is 1. The van der Waals surface area contributed by atoms with Gasteiger partial charge in [-0.2, -0.15) is 0 Å². The van der Waals surface area contributed by atoms with Crippen molar-refractivity contribution in [3.05, 3.63) is 53.9 Å². The van der Waals surface area contributed by atoms with Crippen LogP contribution in [0.5, 0.6) is 0 Å². The average Bonchev–Trinajstić information content (AvgIpc) is 3.23. The second-order valence-electron chi connectivity index (χ2n) is 7.75. The van der Waals surface area contributed by atoms with Gasteiger partial charge in [0.25, 0.3) is 0 Å². The lowest BCUT2D eigenvalue weighted by molar-refractivity contribution is -0.127. The van der Waals surface area contributed by atoms with Crippen molar-refractivity contribution in [1.29, 1.82) is 0 Å². The van der Waals surface area contributed by atoms with E-state index in [4.69, 9.17) is 9.40 Å². The molecule has 0 bridgehead atoms. The number of likely N-dealkylation sites (tertiary alicyclic amines) is 1. The molecule has 0 aliphatic carbocycles. The van der Waals surface area contributed by atoms with Crippen molar-refractivity contribution in [3.8, 4) is 11.5 Å². The number of nitrogens with zero attached hydrogens (tertiary/aromatic N) is 3. The fourth-order valence-electron chi connectivity index (χ4n) is 4.14. The summed E-state index contributed by atoms with van der Waals surface area (Å²) < 4.78 is 6.03. The zero-order chi connectivity index (χ0) is 19.7. The van der Waals surface area contributed by atoms with E-state index in [0.717, 1.165) is 48.6 Å². The summed E-state index contributed by atoms with van der Waals surface area (Å²) >= 11 is 0. The molecule has 0 radical (unpaired) electrons. The van der Waals surface area contributed by atoms with Gasteiger partial charge < -0.3 is 14.2 Å². The molecule has 1 fully saturated rings. The Hall–Kier alpha value is -2.66.